The van der Waals surface area contributed by atoms with Gasteiger partial charge in [-0.3, -0.25) is 4.79 Å². The molecule has 0 aliphatic carbocycles. The van der Waals surface area contributed by atoms with E-state index in [1.165, 1.54) is 25.9 Å². The topological polar surface area (TPSA) is 119 Å². The Balaban J connectivity index is 0.000000350. The predicted octanol–water partition coefficient (Wildman–Crippen LogP) is 2.87. The van der Waals surface area contributed by atoms with Crippen LogP contribution >= 0.6 is 11.6 Å². The highest BCUT2D eigenvalue weighted by atomic mass is 35.5. The molecule has 3 saturated heterocycles. The van der Waals surface area contributed by atoms with Gasteiger partial charge in [0.05, 0.1) is 17.8 Å². The number of hydrogen-bond donors (Lipinski definition) is 3. The third-order valence-electron chi connectivity index (χ3n) is 6.35. The minimum atomic E-state index is -1.26. The van der Waals surface area contributed by atoms with Crippen LogP contribution in [0.2, 0.25) is 5.02 Å². The Hall–Kier alpha value is -2.78. The molecular weight excluding hydrogens is 462 g/mol. The average molecular weight is 494 g/mol. The van der Waals surface area contributed by atoms with E-state index in [4.69, 9.17) is 26.6 Å². The Morgan fingerprint density at radius 3 is 2.38 bits per heavy atom. The zero-order valence-electron chi connectivity index (χ0n) is 19.3. The highest BCUT2D eigenvalue weighted by molar-refractivity contribution is 6.31. The van der Waals surface area contributed by atoms with E-state index >= 15 is 0 Å². The molecule has 10 heteroatoms. The maximum atomic E-state index is 13.0. The maximum absolute atomic E-state index is 13.0. The van der Waals surface area contributed by atoms with Crippen molar-refractivity contribution in [1.82, 2.24) is 10.2 Å². The smallest absolute Gasteiger partial charge is 0.328 e. The summed E-state index contributed by atoms with van der Waals surface area (Å²) >= 11 is 6.36. The van der Waals surface area contributed by atoms with Gasteiger partial charge in [0.15, 0.2) is 5.75 Å². The van der Waals surface area contributed by atoms with Crippen molar-refractivity contribution in [3.8, 4) is 5.75 Å². The fraction of sp³-hybridized carbons (Fsp3) is 0.542. The summed E-state index contributed by atoms with van der Waals surface area (Å²) in [5.74, 6) is -1.28. The molecule has 3 N–H and O–H groups in total. The zero-order chi connectivity index (χ0) is 24.7. The Kier molecular flexibility index (Phi) is 9.18. The highest BCUT2D eigenvalue weighted by Gasteiger charge is 2.36. The first-order valence-electron chi connectivity index (χ1n) is 11.7. The molecule has 34 heavy (non-hydrogen) atoms. The van der Waals surface area contributed by atoms with E-state index in [1.807, 2.05) is 6.07 Å². The van der Waals surface area contributed by atoms with Crippen LogP contribution in [0.1, 0.15) is 43.0 Å². The SMILES string of the molecule is CCCCN1CCOc2c(C(=O)NC3CN4CCC3CC4)cc(Cl)cc21.O=C(O)C=CC(=O)O. The van der Waals surface area contributed by atoms with Crippen molar-refractivity contribution in [2.45, 2.75) is 38.6 Å². The lowest BCUT2D eigenvalue weighted by atomic mass is 9.84. The molecule has 1 amide bonds. The molecule has 0 spiro atoms. The number of piperidine rings is 3. The number of aliphatic carboxylic acids is 2. The number of halogens is 1. The normalized spacial score (nSPS) is 22.9. The van der Waals surface area contributed by atoms with E-state index in [-0.39, 0.29) is 11.9 Å². The van der Waals surface area contributed by atoms with E-state index in [0.717, 1.165) is 38.2 Å². The number of amides is 1. The van der Waals surface area contributed by atoms with Crippen LogP contribution in [0.3, 0.4) is 0 Å². The van der Waals surface area contributed by atoms with Crippen molar-refractivity contribution in [3.05, 3.63) is 34.9 Å². The molecule has 0 saturated carbocycles. The Morgan fingerprint density at radius 1 is 1.15 bits per heavy atom. The molecule has 1 aromatic rings. The molecule has 2 bridgehead atoms. The van der Waals surface area contributed by atoms with Gasteiger partial charge in [0.25, 0.3) is 5.91 Å². The number of carbonyl (C=O) groups is 3. The Morgan fingerprint density at radius 2 is 1.82 bits per heavy atom. The molecule has 5 rings (SSSR count). The predicted molar refractivity (Wildman–Crippen MR) is 129 cm³/mol. The monoisotopic (exact) mass is 493 g/mol. The number of carbonyl (C=O) groups excluding carboxylic acids is 1. The van der Waals surface area contributed by atoms with E-state index < -0.39 is 11.9 Å². The molecule has 1 unspecified atom stereocenters. The number of fused-ring (bicyclic) bond motifs is 4. The summed E-state index contributed by atoms with van der Waals surface area (Å²) < 4.78 is 5.92. The third kappa shape index (κ3) is 6.87. The molecule has 3 fully saturated rings. The fourth-order valence-electron chi connectivity index (χ4n) is 4.61. The number of carboxylic acids is 2. The van der Waals surface area contributed by atoms with Gasteiger partial charge in [-0.1, -0.05) is 24.9 Å². The standard InChI is InChI=1S/C20H28ClN3O2.C4H4O4/c1-2-3-6-24-9-10-26-19-16(11-15(21)12-18(19)24)20(25)22-17-13-23-7-4-14(17)5-8-23;5-3(6)1-2-4(7)8/h11-12,14,17H,2-10,13H2,1H3,(H,22,25);1-2H,(H,5,6)(H,7,8). The van der Waals surface area contributed by atoms with Crippen LogP contribution in [-0.4, -0.2) is 78.3 Å². The molecule has 4 aliphatic heterocycles. The number of anilines is 1. The number of ether oxygens (including phenoxy) is 1. The minimum Gasteiger partial charge on any atom is -0.489 e. The Bertz CT molecular complexity index is 914. The highest BCUT2D eigenvalue weighted by Crippen LogP contribution is 2.38. The van der Waals surface area contributed by atoms with E-state index in [9.17, 15) is 14.4 Å². The number of hydrogen-bond acceptors (Lipinski definition) is 6. The van der Waals surface area contributed by atoms with Crippen molar-refractivity contribution in [2.75, 3.05) is 44.2 Å². The summed E-state index contributed by atoms with van der Waals surface area (Å²) in [5.41, 5.74) is 1.53. The van der Waals surface area contributed by atoms with E-state index in [0.29, 0.717) is 41.0 Å². The van der Waals surface area contributed by atoms with E-state index in [1.54, 1.807) is 6.07 Å². The molecule has 4 aliphatic rings. The van der Waals surface area contributed by atoms with Crippen molar-refractivity contribution >= 4 is 35.1 Å². The maximum Gasteiger partial charge on any atom is 0.328 e. The fourth-order valence-corrected chi connectivity index (χ4v) is 4.82. The summed E-state index contributed by atoms with van der Waals surface area (Å²) in [6.07, 6.45) is 5.73. The molecule has 0 aromatic heterocycles. The van der Waals surface area contributed by atoms with Gasteiger partial charge in [-0.15, -0.1) is 0 Å². The number of rotatable bonds is 7. The van der Waals surface area contributed by atoms with Crippen molar-refractivity contribution in [2.24, 2.45) is 5.92 Å². The first-order valence-corrected chi connectivity index (χ1v) is 12.0. The quantitative estimate of drug-likeness (QED) is 0.496. The second-order valence-electron chi connectivity index (χ2n) is 8.72. The van der Waals surface area contributed by atoms with Crippen molar-refractivity contribution < 1.29 is 29.3 Å². The molecule has 1 aromatic carbocycles. The lowest BCUT2D eigenvalue weighted by Gasteiger charge is -2.45. The van der Waals surface area contributed by atoms with Crippen LogP contribution in [0.25, 0.3) is 0 Å². The molecular formula is C24H32ClN3O6. The van der Waals surface area contributed by atoms with Gasteiger partial charge >= 0.3 is 11.9 Å². The van der Waals surface area contributed by atoms with Crippen LogP contribution in [0.4, 0.5) is 5.69 Å². The van der Waals surface area contributed by atoms with Gasteiger partial charge in [-0.2, -0.15) is 0 Å². The second kappa shape index (κ2) is 12.1. The number of carboxylic acid groups (broad SMARTS) is 2. The first kappa shape index (κ1) is 25.8. The summed E-state index contributed by atoms with van der Waals surface area (Å²) in [7, 11) is 0. The van der Waals surface area contributed by atoms with Gasteiger partial charge in [0.1, 0.15) is 6.61 Å². The van der Waals surface area contributed by atoms with Crippen LogP contribution < -0.4 is 15.0 Å². The summed E-state index contributed by atoms with van der Waals surface area (Å²) in [5, 5.41) is 19.5. The van der Waals surface area contributed by atoms with Crippen LogP contribution in [0, 0.1) is 5.92 Å². The van der Waals surface area contributed by atoms with Crippen LogP contribution in [-0.2, 0) is 9.59 Å². The van der Waals surface area contributed by atoms with Gasteiger partial charge in [0.2, 0.25) is 0 Å². The van der Waals surface area contributed by atoms with Crippen molar-refractivity contribution in [3.63, 3.8) is 0 Å². The minimum absolute atomic E-state index is 0.0557. The zero-order valence-corrected chi connectivity index (χ0v) is 20.1. The number of unbranched alkanes of at least 4 members (excludes halogenated alkanes) is 1. The number of nitrogens with zero attached hydrogens (tertiary/aromatic N) is 2. The molecule has 0 radical (unpaired) electrons. The average Bonchev–Trinajstić information content (AvgIpc) is 2.82. The van der Waals surface area contributed by atoms with Crippen molar-refractivity contribution in [1.29, 1.82) is 0 Å². The molecule has 186 valence electrons. The van der Waals surface area contributed by atoms with Gasteiger partial charge in [-0.25, -0.2) is 9.59 Å². The van der Waals surface area contributed by atoms with E-state index in [2.05, 4.69) is 22.0 Å². The number of nitrogens with one attached hydrogen (secondary N) is 1. The first-order chi connectivity index (χ1) is 16.3. The third-order valence-corrected chi connectivity index (χ3v) is 6.57. The Labute approximate surface area is 204 Å². The number of benzene rings is 1. The lowest BCUT2D eigenvalue weighted by molar-refractivity contribution is -0.134. The lowest BCUT2D eigenvalue weighted by Crippen LogP contribution is -2.57. The molecule has 1 atom stereocenters. The summed E-state index contributed by atoms with van der Waals surface area (Å²) in [6.45, 7) is 7.90. The summed E-state index contributed by atoms with van der Waals surface area (Å²) in [6, 6.07) is 3.91. The van der Waals surface area contributed by atoms with Gasteiger partial charge in [0, 0.05) is 36.3 Å². The molecule has 9 nitrogen and oxygen atoms in total. The largest absolute Gasteiger partial charge is 0.489 e. The van der Waals surface area contributed by atoms with Gasteiger partial charge in [-0.05, 0) is 50.4 Å². The molecule has 4 heterocycles. The van der Waals surface area contributed by atoms with Crippen LogP contribution in [0.5, 0.6) is 5.75 Å². The van der Waals surface area contributed by atoms with Crippen LogP contribution in [0.15, 0.2) is 24.3 Å². The summed E-state index contributed by atoms with van der Waals surface area (Å²) in [4.78, 5) is 36.9. The van der Waals surface area contributed by atoms with Gasteiger partial charge < -0.3 is 30.1 Å². The second-order valence-corrected chi connectivity index (χ2v) is 9.15.